The highest BCUT2D eigenvalue weighted by atomic mass is 127. The zero-order valence-corrected chi connectivity index (χ0v) is 5.93. The first kappa shape index (κ1) is 7.14. The van der Waals surface area contributed by atoms with Crippen molar-refractivity contribution < 1.29 is 4.39 Å². The van der Waals surface area contributed by atoms with Gasteiger partial charge in [0, 0.05) is 0 Å². The third-order valence-electron chi connectivity index (χ3n) is 0.393. The van der Waals surface area contributed by atoms with Gasteiger partial charge in [-0.2, -0.15) is 0 Å². The van der Waals surface area contributed by atoms with Gasteiger partial charge in [0.05, 0.1) is 0 Å². The van der Waals surface area contributed by atoms with E-state index < -0.39 is 4.18 Å². The Kier molecular flexibility index (Phi) is 4.39. The molecule has 7 heavy (non-hydrogen) atoms. The molecule has 0 nitrogen and oxygen atoms in total. The van der Waals surface area contributed by atoms with Gasteiger partial charge in [-0.3, -0.25) is 0 Å². The van der Waals surface area contributed by atoms with E-state index in [1.54, 1.807) is 34.7 Å². The second kappa shape index (κ2) is 4.30. The van der Waals surface area contributed by atoms with E-state index in [-0.39, 0.29) is 0 Å². The normalized spacial score (nSPS) is 14.6. The van der Waals surface area contributed by atoms with Gasteiger partial charge in [-0.1, -0.05) is 18.7 Å². The van der Waals surface area contributed by atoms with Crippen LogP contribution in [0.2, 0.25) is 0 Å². The number of hydrogen-bond acceptors (Lipinski definition) is 0. The molecule has 0 heterocycles. The summed E-state index contributed by atoms with van der Waals surface area (Å²) in [7, 11) is 0. The van der Waals surface area contributed by atoms with Crippen molar-refractivity contribution in [2.45, 2.75) is 4.18 Å². The Balaban J connectivity index is 3.25. The number of rotatable bonds is 2. The van der Waals surface area contributed by atoms with Crippen LogP contribution in [0.15, 0.2) is 24.8 Å². The lowest BCUT2D eigenvalue weighted by atomic mass is 10.5. The molecule has 1 atom stereocenters. The molecule has 0 saturated heterocycles. The highest BCUT2D eigenvalue weighted by Gasteiger charge is 1.85. The Morgan fingerprint density at radius 2 is 2.29 bits per heavy atom. The van der Waals surface area contributed by atoms with Crippen molar-refractivity contribution in [2.75, 3.05) is 0 Å². The van der Waals surface area contributed by atoms with Crippen LogP contribution < -0.4 is 0 Å². The molecule has 0 N–H and O–H groups in total. The van der Waals surface area contributed by atoms with E-state index in [9.17, 15) is 4.39 Å². The molecule has 0 rings (SSSR count). The predicted molar refractivity (Wildman–Crippen MR) is 38.3 cm³/mol. The van der Waals surface area contributed by atoms with Crippen LogP contribution in [0, 0.1) is 0 Å². The summed E-state index contributed by atoms with van der Waals surface area (Å²) in [4.78, 5) is 0. The average molecular weight is 212 g/mol. The summed E-state index contributed by atoms with van der Waals surface area (Å²) in [6.07, 6.45) is 4.55. The van der Waals surface area contributed by atoms with Crippen LogP contribution in [-0.4, -0.2) is 4.18 Å². The van der Waals surface area contributed by atoms with Crippen LogP contribution in [0.5, 0.6) is 0 Å². The van der Waals surface area contributed by atoms with Gasteiger partial charge in [0.15, 0.2) is 4.18 Å². The molecule has 0 aliphatic heterocycles. The maximum Gasteiger partial charge on any atom is 0.169 e. The highest BCUT2D eigenvalue weighted by molar-refractivity contribution is 14.1. The quantitative estimate of drug-likeness (QED) is 0.374. The lowest BCUT2D eigenvalue weighted by Crippen LogP contribution is -1.73. The molecular weight excluding hydrogens is 206 g/mol. The molecule has 0 radical (unpaired) electrons. The minimum absolute atomic E-state index is 0.879. The fraction of sp³-hybridized carbons (Fsp3) is 0.200. The molecule has 0 amide bonds. The topological polar surface area (TPSA) is 0 Å². The zero-order chi connectivity index (χ0) is 5.70. The Bertz CT molecular complexity index is 76.1. The van der Waals surface area contributed by atoms with Crippen molar-refractivity contribution in [2.24, 2.45) is 0 Å². The minimum atomic E-state index is -0.879. The molecule has 0 saturated carbocycles. The van der Waals surface area contributed by atoms with Crippen LogP contribution in [0.3, 0.4) is 0 Å². The van der Waals surface area contributed by atoms with Crippen LogP contribution in [-0.2, 0) is 0 Å². The number of hydrogen-bond donors (Lipinski definition) is 0. The van der Waals surface area contributed by atoms with Crippen molar-refractivity contribution in [1.82, 2.24) is 0 Å². The van der Waals surface area contributed by atoms with Gasteiger partial charge in [0.2, 0.25) is 0 Å². The third-order valence-corrected chi connectivity index (χ3v) is 0.808. The number of allylic oxidation sites excluding steroid dienone is 3. The van der Waals surface area contributed by atoms with Gasteiger partial charge in [-0.05, 0) is 28.7 Å². The highest BCUT2D eigenvalue weighted by Crippen LogP contribution is 2.01. The van der Waals surface area contributed by atoms with Gasteiger partial charge in [-0.25, -0.2) is 4.39 Å². The summed E-state index contributed by atoms with van der Waals surface area (Å²) in [5, 5.41) is 0. The Hall–Kier alpha value is 0.140. The number of halogens is 2. The van der Waals surface area contributed by atoms with E-state index in [1.165, 1.54) is 6.08 Å². The first-order valence-electron chi connectivity index (χ1n) is 1.84. The summed E-state index contributed by atoms with van der Waals surface area (Å²) in [5.41, 5.74) is 0. The first-order chi connectivity index (χ1) is 3.27. The van der Waals surface area contributed by atoms with E-state index in [0.717, 1.165) is 0 Å². The van der Waals surface area contributed by atoms with E-state index in [4.69, 9.17) is 0 Å². The summed E-state index contributed by atoms with van der Waals surface area (Å²) in [6, 6.07) is 0. The lowest BCUT2D eigenvalue weighted by Gasteiger charge is -1.81. The molecule has 2 heteroatoms. The van der Waals surface area contributed by atoms with Gasteiger partial charge >= 0.3 is 0 Å². The molecule has 1 unspecified atom stereocenters. The van der Waals surface area contributed by atoms with E-state index in [1.807, 2.05) is 0 Å². The van der Waals surface area contributed by atoms with Crippen molar-refractivity contribution >= 4 is 22.6 Å². The van der Waals surface area contributed by atoms with Crippen molar-refractivity contribution in [3.05, 3.63) is 24.8 Å². The second-order valence-corrected chi connectivity index (χ2v) is 2.15. The molecule has 0 aromatic heterocycles. The Labute approximate surface area is 56.2 Å². The minimum Gasteiger partial charge on any atom is -0.231 e. The van der Waals surface area contributed by atoms with Gasteiger partial charge in [-0.15, -0.1) is 0 Å². The zero-order valence-electron chi connectivity index (χ0n) is 3.77. The van der Waals surface area contributed by atoms with Crippen molar-refractivity contribution in [1.29, 1.82) is 0 Å². The molecule has 0 spiro atoms. The Morgan fingerprint density at radius 1 is 1.71 bits per heavy atom. The maximum absolute atomic E-state index is 11.7. The number of alkyl halides is 2. The van der Waals surface area contributed by atoms with Crippen molar-refractivity contribution in [3.63, 3.8) is 0 Å². The SMILES string of the molecule is C=C/C=C\C(F)I. The first-order valence-corrected chi connectivity index (χ1v) is 3.09. The molecule has 0 fully saturated rings. The molecule has 0 aromatic rings. The molecule has 0 aliphatic carbocycles. The fourth-order valence-electron chi connectivity index (χ4n) is 0.163. The average Bonchev–Trinajstić information content (AvgIpc) is 1.61. The molecule has 0 bridgehead atoms. The van der Waals surface area contributed by atoms with Crippen LogP contribution in [0.1, 0.15) is 0 Å². The van der Waals surface area contributed by atoms with Crippen LogP contribution in [0.4, 0.5) is 4.39 Å². The predicted octanol–water partition coefficient (Wildman–Crippen LogP) is 2.46. The smallest absolute Gasteiger partial charge is 0.169 e. The van der Waals surface area contributed by atoms with Gasteiger partial charge in [0.1, 0.15) is 0 Å². The summed E-state index contributed by atoms with van der Waals surface area (Å²) in [6.45, 7) is 3.38. The lowest BCUT2D eigenvalue weighted by molar-refractivity contribution is 0.540. The van der Waals surface area contributed by atoms with Crippen LogP contribution in [0.25, 0.3) is 0 Å². The largest absolute Gasteiger partial charge is 0.231 e. The van der Waals surface area contributed by atoms with Gasteiger partial charge in [0.25, 0.3) is 0 Å². The molecule has 0 aliphatic rings. The monoisotopic (exact) mass is 212 g/mol. The van der Waals surface area contributed by atoms with Crippen molar-refractivity contribution in [3.8, 4) is 0 Å². The summed E-state index contributed by atoms with van der Waals surface area (Å²) in [5.74, 6) is 0. The Morgan fingerprint density at radius 3 is 2.43 bits per heavy atom. The third kappa shape index (κ3) is 6.14. The van der Waals surface area contributed by atoms with E-state index in [2.05, 4.69) is 6.58 Å². The van der Waals surface area contributed by atoms with E-state index in [0.29, 0.717) is 0 Å². The molecular formula is C5H6FI. The van der Waals surface area contributed by atoms with Crippen LogP contribution >= 0.6 is 22.6 Å². The van der Waals surface area contributed by atoms with Gasteiger partial charge < -0.3 is 0 Å². The van der Waals surface area contributed by atoms with E-state index >= 15 is 0 Å². The standard InChI is InChI=1S/C5H6FI/c1-2-3-4-5(6)7/h2-5H,1H2/b4-3-. The fourth-order valence-corrected chi connectivity index (χ4v) is 0.402. The summed E-state index contributed by atoms with van der Waals surface area (Å²) >= 11 is 1.66. The molecule has 0 aromatic carbocycles. The molecule has 40 valence electrons. The summed E-state index contributed by atoms with van der Waals surface area (Å²) < 4.78 is 10.9. The second-order valence-electron chi connectivity index (χ2n) is 0.955. The maximum atomic E-state index is 11.7.